The molecule has 0 aliphatic heterocycles. The SMILES string of the molecule is O=C(O)COc1ccccc1CCCNC(CC(c1ccccc1)c1ccccc1)C(=O)c1ccccc1. The molecule has 4 rings (SSSR count). The zero-order chi connectivity index (χ0) is 26.6. The van der Waals surface area contributed by atoms with Gasteiger partial charge in [0.25, 0.3) is 0 Å². The van der Waals surface area contributed by atoms with Crippen molar-refractivity contribution in [3.05, 3.63) is 138 Å². The van der Waals surface area contributed by atoms with Crippen molar-refractivity contribution >= 4 is 11.8 Å². The van der Waals surface area contributed by atoms with Crippen molar-refractivity contribution in [1.82, 2.24) is 5.32 Å². The van der Waals surface area contributed by atoms with Crippen LogP contribution in [0.4, 0.5) is 0 Å². The Morgan fingerprint density at radius 2 is 1.29 bits per heavy atom. The Balaban J connectivity index is 1.50. The lowest BCUT2D eigenvalue weighted by atomic mass is 9.84. The van der Waals surface area contributed by atoms with Gasteiger partial charge >= 0.3 is 5.97 Å². The number of benzene rings is 4. The Morgan fingerprint density at radius 1 is 0.737 bits per heavy atom. The zero-order valence-electron chi connectivity index (χ0n) is 21.3. The fourth-order valence-corrected chi connectivity index (χ4v) is 4.70. The maximum Gasteiger partial charge on any atom is 0.341 e. The zero-order valence-corrected chi connectivity index (χ0v) is 21.3. The van der Waals surface area contributed by atoms with Gasteiger partial charge in [0, 0.05) is 11.5 Å². The van der Waals surface area contributed by atoms with E-state index >= 15 is 0 Å². The van der Waals surface area contributed by atoms with Gasteiger partial charge in [-0.25, -0.2) is 4.79 Å². The lowest BCUT2D eigenvalue weighted by Crippen LogP contribution is -2.39. The van der Waals surface area contributed by atoms with E-state index < -0.39 is 5.97 Å². The highest BCUT2D eigenvalue weighted by molar-refractivity contribution is 6.00. The number of carbonyl (C=O) groups is 2. The molecule has 194 valence electrons. The van der Waals surface area contributed by atoms with Crippen molar-refractivity contribution in [2.24, 2.45) is 0 Å². The number of ether oxygens (including phenoxy) is 1. The monoisotopic (exact) mass is 507 g/mol. The van der Waals surface area contributed by atoms with Crippen molar-refractivity contribution in [2.45, 2.75) is 31.2 Å². The summed E-state index contributed by atoms with van der Waals surface area (Å²) in [6, 6.07) is 37.2. The number of hydrogen-bond acceptors (Lipinski definition) is 4. The second-order valence-corrected chi connectivity index (χ2v) is 9.24. The van der Waals surface area contributed by atoms with Crippen LogP contribution in [-0.2, 0) is 11.2 Å². The summed E-state index contributed by atoms with van der Waals surface area (Å²) in [5.74, 6) is -0.282. The fourth-order valence-electron chi connectivity index (χ4n) is 4.70. The first-order valence-corrected chi connectivity index (χ1v) is 13.0. The normalized spacial score (nSPS) is 11.7. The summed E-state index contributed by atoms with van der Waals surface area (Å²) in [6.45, 7) is 0.260. The average molecular weight is 508 g/mol. The van der Waals surface area contributed by atoms with Crippen LogP contribution < -0.4 is 10.1 Å². The molecule has 0 aliphatic carbocycles. The van der Waals surface area contributed by atoms with Crippen molar-refractivity contribution in [3.8, 4) is 5.75 Å². The largest absolute Gasteiger partial charge is 0.482 e. The number of rotatable bonds is 14. The molecule has 0 radical (unpaired) electrons. The Labute approximate surface area is 224 Å². The van der Waals surface area contributed by atoms with Crippen LogP contribution in [0.15, 0.2) is 115 Å². The first-order chi connectivity index (χ1) is 18.6. The summed E-state index contributed by atoms with van der Waals surface area (Å²) in [4.78, 5) is 24.6. The number of carboxylic acids is 1. The number of carboxylic acid groups (broad SMARTS) is 1. The summed E-state index contributed by atoms with van der Waals surface area (Å²) in [5, 5.41) is 12.5. The molecule has 2 N–H and O–H groups in total. The highest BCUT2D eigenvalue weighted by atomic mass is 16.5. The predicted octanol–water partition coefficient (Wildman–Crippen LogP) is 6.15. The van der Waals surface area contributed by atoms with E-state index in [1.807, 2.05) is 84.9 Å². The van der Waals surface area contributed by atoms with Crippen molar-refractivity contribution in [1.29, 1.82) is 0 Å². The first-order valence-electron chi connectivity index (χ1n) is 13.0. The molecule has 4 aromatic rings. The molecule has 5 heteroatoms. The van der Waals surface area contributed by atoms with Gasteiger partial charge in [0.2, 0.25) is 0 Å². The van der Waals surface area contributed by atoms with E-state index in [0.717, 1.165) is 12.0 Å². The van der Waals surface area contributed by atoms with Crippen LogP contribution in [0.5, 0.6) is 5.75 Å². The molecule has 0 bridgehead atoms. The highest BCUT2D eigenvalue weighted by Crippen LogP contribution is 2.30. The molecular weight excluding hydrogens is 474 g/mol. The molecule has 0 aliphatic rings. The summed E-state index contributed by atoms with van der Waals surface area (Å²) >= 11 is 0. The molecule has 0 aromatic heterocycles. The molecule has 0 amide bonds. The number of ketones is 1. The minimum atomic E-state index is -1.00. The third-order valence-electron chi connectivity index (χ3n) is 6.59. The van der Waals surface area contributed by atoms with Crippen LogP contribution in [0.2, 0.25) is 0 Å². The van der Waals surface area contributed by atoms with Gasteiger partial charge < -0.3 is 15.2 Å². The van der Waals surface area contributed by atoms with E-state index in [9.17, 15) is 9.59 Å². The van der Waals surface area contributed by atoms with Crippen LogP contribution in [0.3, 0.4) is 0 Å². The van der Waals surface area contributed by atoms with E-state index in [-0.39, 0.29) is 24.3 Å². The number of aliphatic carboxylic acids is 1. The minimum Gasteiger partial charge on any atom is -0.482 e. The molecule has 0 fully saturated rings. The molecule has 0 spiro atoms. The summed E-state index contributed by atoms with van der Waals surface area (Å²) in [5.41, 5.74) is 4.00. The number of aryl methyl sites for hydroxylation is 1. The quantitative estimate of drug-likeness (QED) is 0.158. The van der Waals surface area contributed by atoms with Crippen LogP contribution in [-0.4, -0.2) is 36.1 Å². The van der Waals surface area contributed by atoms with E-state index in [1.54, 1.807) is 6.07 Å². The van der Waals surface area contributed by atoms with Gasteiger partial charge in [0.15, 0.2) is 12.4 Å². The van der Waals surface area contributed by atoms with Crippen LogP contribution in [0.25, 0.3) is 0 Å². The standard InChI is InChI=1S/C33H33NO4/c35-32(36)24-38-31-21-11-10-17-27(31)20-12-22-34-30(33(37)28-18-8-3-9-19-28)23-29(25-13-4-1-5-14-25)26-15-6-2-7-16-26/h1-11,13-19,21,29-30,34H,12,20,22-24H2,(H,35,36). The van der Waals surface area contributed by atoms with Gasteiger partial charge in [0.1, 0.15) is 5.75 Å². The van der Waals surface area contributed by atoms with Crippen LogP contribution in [0.1, 0.15) is 45.8 Å². The molecule has 4 aromatic carbocycles. The molecule has 0 saturated heterocycles. The van der Waals surface area contributed by atoms with E-state index in [0.29, 0.717) is 30.7 Å². The van der Waals surface area contributed by atoms with Gasteiger partial charge in [-0.15, -0.1) is 0 Å². The average Bonchev–Trinajstić information content (AvgIpc) is 2.97. The van der Waals surface area contributed by atoms with Gasteiger partial charge in [-0.1, -0.05) is 109 Å². The van der Waals surface area contributed by atoms with Gasteiger partial charge in [-0.3, -0.25) is 4.79 Å². The topological polar surface area (TPSA) is 75.6 Å². The lowest BCUT2D eigenvalue weighted by Gasteiger charge is -2.25. The maximum absolute atomic E-state index is 13.7. The van der Waals surface area contributed by atoms with Gasteiger partial charge in [-0.2, -0.15) is 0 Å². The first kappa shape index (κ1) is 26.8. The van der Waals surface area contributed by atoms with Crippen molar-refractivity contribution in [3.63, 3.8) is 0 Å². The Morgan fingerprint density at radius 3 is 1.89 bits per heavy atom. The fraction of sp³-hybridized carbons (Fsp3) is 0.212. The molecule has 1 atom stereocenters. The highest BCUT2D eigenvalue weighted by Gasteiger charge is 2.25. The summed E-state index contributed by atoms with van der Waals surface area (Å²) in [6.07, 6.45) is 2.10. The summed E-state index contributed by atoms with van der Waals surface area (Å²) < 4.78 is 5.45. The number of para-hydroxylation sites is 1. The number of carbonyl (C=O) groups excluding carboxylic acids is 1. The Kier molecular flexibility index (Phi) is 9.82. The van der Waals surface area contributed by atoms with E-state index in [4.69, 9.17) is 9.84 Å². The van der Waals surface area contributed by atoms with Gasteiger partial charge in [-0.05, 0) is 48.6 Å². The second-order valence-electron chi connectivity index (χ2n) is 9.24. The third-order valence-corrected chi connectivity index (χ3v) is 6.59. The molecule has 0 heterocycles. The molecule has 0 saturated carbocycles. The second kappa shape index (κ2) is 13.9. The van der Waals surface area contributed by atoms with Gasteiger partial charge in [0.05, 0.1) is 6.04 Å². The molecule has 38 heavy (non-hydrogen) atoms. The summed E-state index contributed by atoms with van der Waals surface area (Å²) in [7, 11) is 0. The van der Waals surface area contributed by atoms with Crippen molar-refractivity contribution < 1.29 is 19.4 Å². The van der Waals surface area contributed by atoms with Crippen LogP contribution in [0, 0.1) is 0 Å². The van der Waals surface area contributed by atoms with E-state index in [2.05, 4.69) is 29.6 Å². The molecule has 1 unspecified atom stereocenters. The molecule has 5 nitrogen and oxygen atoms in total. The lowest BCUT2D eigenvalue weighted by molar-refractivity contribution is -0.139. The number of hydrogen-bond donors (Lipinski definition) is 2. The van der Waals surface area contributed by atoms with Crippen LogP contribution >= 0.6 is 0 Å². The maximum atomic E-state index is 13.7. The minimum absolute atomic E-state index is 0.0627. The van der Waals surface area contributed by atoms with E-state index in [1.165, 1.54) is 11.1 Å². The smallest absolute Gasteiger partial charge is 0.341 e. The predicted molar refractivity (Wildman–Crippen MR) is 150 cm³/mol. The third kappa shape index (κ3) is 7.64. The Hall–Kier alpha value is -4.22. The molecular formula is C33H33NO4. The van der Waals surface area contributed by atoms with Crippen molar-refractivity contribution in [2.75, 3.05) is 13.2 Å². The number of Topliss-reactive ketones (excluding diaryl/α,β-unsaturated/α-hetero) is 1. The Bertz CT molecular complexity index is 1250. The number of nitrogens with one attached hydrogen (secondary N) is 1.